The maximum atomic E-state index is 10.2. The first kappa shape index (κ1) is 4.36. The van der Waals surface area contributed by atoms with Crippen LogP contribution in [0.15, 0.2) is 0 Å². The van der Waals surface area contributed by atoms with Crippen LogP contribution in [0.3, 0.4) is 0 Å². The van der Waals surface area contributed by atoms with E-state index >= 15 is 0 Å². The van der Waals surface area contributed by atoms with Gasteiger partial charge in [0.1, 0.15) is 0 Å². The summed E-state index contributed by atoms with van der Waals surface area (Å²) in [4.78, 5) is 10.2. The third kappa shape index (κ3) is 0.358. The minimum Gasteiger partial charge on any atom is -0.481 e. The van der Waals surface area contributed by atoms with Crippen molar-refractivity contribution in [2.75, 3.05) is 0 Å². The smallest absolute Gasteiger partial charge is 0.307 e. The van der Waals surface area contributed by atoms with Gasteiger partial charge in [-0.15, -0.1) is 0 Å². The summed E-state index contributed by atoms with van der Waals surface area (Å²) < 4.78 is 0. The van der Waals surface area contributed by atoms with Crippen LogP contribution in [0.2, 0.25) is 0 Å². The molecule has 0 bridgehead atoms. The van der Waals surface area contributed by atoms with Crippen LogP contribution in [0.4, 0.5) is 0 Å². The molecule has 44 valence electrons. The summed E-state index contributed by atoms with van der Waals surface area (Å²) in [6, 6.07) is 0. The van der Waals surface area contributed by atoms with Crippen molar-refractivity contribution in [2.45, 2.75) is 19.3 Å². The Kier molecular flexibility index (Phi) is 0.504. The van der Waals surface area contributed by atoms with Gasteiger partial charge in [-0.2, -0.15) is 0 Å². The zero-order valence-electron chi connectivity index (χ0n) is 4.55. The molecule has 0 heterocycles. The number of hydrogen-bond acceptors (Lipinski definition) is 1. The van der Waals surface area contributed by atoms with Crippen LogP contribution >= 0.6 is 0 Å². The van der Waals surface area contributed by atoms with E-state index in [1.165, 1.54) is 12.8 Å². The van der Waals surface area contributed by atoms with Gasteiger partial charge in [-0.1, -0.05) is 0 Å². The number of hydrogen-bond donors (Lipinski definition) is 1. The molecule has 2 nitrogen and oxygen atoms in total. The fourth-order valence-corrected chi connectivity index (χ4v) is 1.41. The lowest BCUT2D eigenvalue weighted by atomic mass is 10.3. The van der Waals surface area contributed by atoms with Crippen LogP contribution in [0.5, 0.6) is 0 Å². The molecule has 0 radical (unpaired) electrons. The van der Waals surface area contributed by atoms with Gasteiger partial charge in [-0.25, -0.2) is 0 Å². The van der Waals surface area contributed by atoms with Gasteiger partial charge >= 0.3 is 5.97 Å². The van der Waals surface area contributed by atoms with Crippen molar-refractivity contribution in [2.24, 2.45) is 11.3 Å². The molecule has 1 spiro atoms. The molecular weight excluding hydrogens is 104 g/mol. The van der Waals surface area contributed by atoms with Crippen LogP contribution in [-0.2, 0) is 4.79 Å². The zero-order chi connectivity index (χ0) is 5.78. The highest BCUT2D eigenvalue weighted by molar-refractivity contribution is 5.75. The van der Waals surface area contributed by atoms with Gasteiger partial charge in [0.25, 0.3) is 0 Å². The summed E-state index contributed by atoms with van der Waals surface area (Å²) in [7, 11) is 0. The van der Waals surface area contributed by atoms with E-state index in [0.717, 1.165) is 6.42 Å². The van der Waals surface area contributed by atoms with Crippen molar-refractivity contribution >= 4 is 5.97 Å². The van der Waals surface area contributed by atoms with Crippen molar-refractivity contribution in [3.05, 3.63) is 0 Å². The Hall–Kier alpha value is -0.530. The van der Waals surface area contributed by atoms with Gasteiger partial charge in [0.2, 0.25) is 0 Å². The Labute approximate surface area is 47.5 Å². The van der Waals surface area contributed by atoms with Crippen molar-refractivity contribution in [3.63, 3.8) is 0 Å². The first-order valence-corrected chi connectivity index (χ1v) is 2.97. The van der Waals surface area contributed by atoms with E-state index in [-0.39, 0.29) is 5.92 Å². The third-order valence-electron chi connectivity index (χ3n) is 2.38. The van der Waals surface area contributed by atoms with E-state index in [0.29, 0.717) is 5.41 Å². The second kappa shape index (κ2) is 0.925. The number of carboxylic acids is 1. The molecule has 2 saturated carbocycles. The van der Waals surface area contributed by atoms with Crippen LogP contribution in [0, 0.1) is 11.3 Å². The molecule has 1 N–H and O–H groups in total. The molecule has 2 aliphatic carbocycles. The lowest BCUT2D eigenvalue weighted by molar-refractivity contribution is -0.138. The lowest BCUT2D eigenvalue weighted by Gasteiger charge is -1.82. The first-order chi connectivity index (χ1) is 3.75. The van der Waals surface area contributed by atoms with Crippen molar-refractivity contribution in [1.82, 2.24) is 0 Å². The zero-order valence-corrected chi connectivity index (χ0v) is 4.55. The molecule has 0 amide bonds. The van der Waals surface area contributed by atoms with Gasteiger partial charge in [0, 0.05) is 0 Å². The second-order valence-electron chi connectivity index (χ2n) is 2.96. The van der Waals surface area contributed by atoms with Crippen LogP contribution in [-0.4, -0.2) is 11.1 Å². The highest BCUT2D eigenvalue weighted by Gasteiger charge is 2.66. The molecule has 0 aliphatic heterocycles. The standard InChI is InChI=1S/C6H8O2/c7-5(8)4-3-6(4)1-2-6/h4H,1-3H2,(H,7,8)/t4-/m1/s1. The molecule has 0 aromatic carbocycles. The summed E-state index contributed by atoms with van der Waals surface area (Å²) in [5.41, 5.74) is 0.339. The highest BCUT2D eigenvalue weighted by atomic mass is 16.4. The largest absolute Gasteiger partial charge is 0.481 e. The van der Waals surface area contributed by atoms with Gasteiger partial charge in [0.15, 0.2) is 0 Å². The van der Waals surface area contributed by atoms with E-state index < -0.39 is 5.97 Å². The molecule has 0 saturated heterocycles. The molecular formula is C6H8O2. The fraction of sp³-hybridized carbons (Fsp3) is 0.833. The monoisotopic (exact) mass is 112 g/mol. The van der Waals surface area contributed by atoms with Crippen LogP contribution in [0.1, 0.15) is 19.3 Å². The number of aliphatic carboxylic acids is 1. The fourth-order valence-electron chi connectivity index (χ4n) is 1.41. The molecule has 2 fully saturated rings. The maximum absolute atomic E-state index is 10.2. The van der Waals surface area contributed by atoms with E-state index in [1.807, 2.05) is 0 Å². The van der Waals surface area contributed by atoms with Crippen LogP contribution < -0.4 is 0 Å². The average Bonchev–Trinajstić information content (AvgIpc) is 2.50. The molecule has 2 aliphatic rings. The normalized spacial score (nSPS) is 37.2. The van der Waals surface area contributed by atoms with Gasteiger partial charge in [-0.05, 0) is 24.7 Å². The average molecular weight is 112 g/mol. The van der Waals surface area contributed by atoms with Gasteiger partial charge in [-0.3, -0.25) is 4.79 Å². The van der Waals surface area contributed by atoms with Gasteiger partial charge in [0.05, 0.1) is 5.92 Å². The molecule has 0 aromatic rings. The van der Waals surface area contributed by atoms with Crippen LogP contribution in [0.25, 0.3) is 0 Å². The predicted molar refractivity (Wildman–Crippen MR) is 27.4 cm³/mol. The summed E-state index contributed by atoms with van der Waals surface area (Å²) in [6.45, 7) is 0. The molecule has 0 aromatic heterocycles. The Bertz CT molecular complexity index is 147. The SMILES string of the molecule is O=C(O)[C@H]1CC12CC2. The Morgan fingerprint density at radius 2 is 2.25 bits per heavy atom. The highest BCUT2D eigenvalue weighted by Crippen LogP contribution is 2.70. The quantitative estimate of drug-likeness (QED) is 0.546. The van der Waals surface area contributed by atoms with E-state index in [9.17, 15) is 4.79 Å². The molecule has 8 heavy (non-hydrogen) atoms. The summed E-state index contributed by atoms with van der Waals surface area (Å²) in [6.07, 6.45) is 3.30. The maximum Gasteiger partial charge on any atom is 0.307 e. The predicted octanol–water partition coefficient (Wildman–Crippen LogP) is 0.871. The summed E-state index contributed by atoms with van der Waals surface area (Å²) in [5, 5.41) is 8.43. The molecule has 2 heteroatoms. The number of carboxylic acid groups (broad SMARTS) is 1. The van der Waals surface area contributed by atoms with Gasteiger partial charge < -0.3 is 5.11 Å². The van der Waals surface area contributed by atoms with Crippen molar-refractivity contribution in [1.29, 1.82) is 0 Å². The molecule has 2 rings (SSSR count). The number of carbonyl (C=O) groups is 1. The topological polar surface area (TPSA) is 37.3 Å². The molecule has 0 unspecified atom stereocenters. The molecule has 1 atom stereocenters. The third-order valence-corrected chi connectivity index (χ3v) is 2.38. The minimum atomic E-state index is -0.581. The summed E-state index contributed by atoms with van der Waals surface area (Å²) in [5.74, 6) is -0.537. The number of rotatable bonds is 1. The second-order valence-corrected chi connectivity index (χ2v) is 2.96. The Morgan fingerprint density at radius 3 is 2.38 bits per heavy atom. The van der Waals surface area contributed by atoms with Crippen molar-refractivity contribution < 1.29 is 9.90 Å². The van der Waals surface area contributed by atoms with Crippen molar-refractivity contribution in [3.8, 4) is 0 Å². The first-order valence-electron chi connectivity index (χ1n) is 2.97. The summed E-state index contributed by atoms with van der Waals surface area (Å²) >= 11 is 0. The minimum absolute atomic E-state index is 0.0440. The Balaban J connectivity index is 2.06. The lowest BCUT2D eigenvalue weighted by Crippen LogP contribution is -1.98. The van der Waals surface area contributed by atoms with E-state index in [2.05, 4.69) is 0 Å². The van der Waals surface area contributed by atoms with E-state index in [1.54, 1.807) is 0 Å². The Morgan fingerprint density at radius 1 is 1.62 bits per heavy atom. The van der Waals surface area contributed by atoms with E-state index in [4.69, 9.17) is 5.11 Å².